The second-order valence-electron chi connectivity index (χ2n) is 7.58. The highest BCUT2D eigenvalue weighted by molar-refractivity contribution is 5.81. The summed E-state index contributed by atoms with van der Waals surface area (Å²) in [6, 6.07) is 0. The van der Waals surface area contributed by atoms with Gasteiger partial charge in [0.1, 0.15) is 0 Å². The van der Waals surface area contributed by atoms with Crippen LogP contribution in [0.2, 0.25) is 0 Å². The van der Waals surface area contributed by atoms with Crippen LogP contribution in [0, 0.1) is 5.41 Å². The van der Waals surface area contributed by atoms with Crippen LogP contribution in [-0.2, 0) is 9.53 Å². The Morgan fingerprint density at radius 2 is 2.00 bits per heavy atom. The molecule has 1 aliphatic carbocycles. The van der Waals surface area contributed by atoms with Gasteiger partial charge in [-0.05, 0) is 68.2 Å². The number of carboxylic acids is 1. The number of allylic oxidation sites excluding steroid dienone is 4. The van der Waals surface area contributed by atoms with Crippen LogP contribution < -0.4 is 0 Å². The molecule has 1 N–H and O–H groups in total. The van der Waals surface area contributed by atoms with E-state index in [0.29, 0.717) is 5.57 Å². The number of ether oxygens (including phenoxy) is 1. The van der Waals surface area contributed by atoms with Gasteiger partial charge in [-0.2, -0.15) is 0 Å². The van der Waals surface area contributed by atoms with E-state index in [1.54, 1.807) is 13.0 Å². The lowest BCUT2D eigenvalue weighted by atomic mass is 9.67. The predicted molar refractivity (Wildman–Crippen MR) is 93.3 cm³/mol. The summed E-state index contributed by atoms with van der Waals surface area (Å²) in [4.78, 5) is 10.6. The van der Waals surface area contributed by atoms with E-state index in [0.717, 1.165) is 12.0 Å². The quantitative estimate of drug-likeness (QED) is 0.460. The zero-order valence-corrected chi connectivity index (χ0v) is 14.8. The summed E-state index contributed by atoms with van der Waals surface area (Å²) >= 11 is 0. The van der Waals surface area contributed by atoms with E-state index in [9.17, 15) is 4.79 Å². The average molecular weight is 316 g/mol. The molecule has 0 amide bonds. The van der Waals surface area contributed by atoms with Crippen molar-refractivity contribution in [2.45, 2.75) is 65.6 Å². The Labute approximate surface area is 139 Å². The van der Waals surface area contributed by atoms with Gasteiger partial charge >= 0.3 is 5.97 Å². The Morgan fingerprint density at radius 3 is 2.61 bits per heavy atom. The third kappa shape index (κ3) is 4.03. The zero-order valence-electron chi connectivity index (χ0n) is 14.8. The normalized spacial score (nSPS) is 31.2. The molecular formula is C20H28O3. The van der Waals surface area contributed by atoms with E-state index < -0.39 is 5.97 Å². The molecule has 3 nitrogen and oxygen atoms in total. The summed E-state index contributed by atoms with van der Waals surface area (Å²) < 4.78 is 6.37. The van der Waals surface area contributed by atoms with Crippen LogP contribution in [0.4, 0.5) is 0 Å². The second kappa shape index (κ2) is 6.48. The first-order chi connectivity index (χ1) is 10.6. The SMILES string of the molecule is CC(=C/C(=O)O)/C=C/C=C(/C)C1C=C2C(C)(C)CCCC2(C)O1. The topological polar surface area (TPSA) is 46.5 Å². The maximum absolute atomic E-state index is 10.6. The van der Waals surface area contributed by atoms with Gasteiger partial charge < -0.3 is 9.84 Å². The molecule has 0 aromatic heterocycles. The molecule has 0 radical (unpaired) electrons. The number of carboxylic acid groups (broad SMARTS) is 1. The first-order valence-corrected chi connectivity index (χ1v) is 8.31. The molecule has 3 heteroatoms. The van der Waals surface area contributed by atoms with E-state index >= 15 is 0 Å². The standard InChI is InChI=1S/C20H28O3/c1-14(12-18(21)22)8-6-9-15(2)16-13-17-19(3,4)10-7-11-20(17,5)23-16/h6,8-9,12-13,16H,7,10-11H2,1-5H3,(H,21,22)/b8-6+,14-12-,15-9-. The molecule has 2 aliphatic rings. The van der Waals surface area contributed by atoms with Gasteiger partial charge in [0.25, 0.3) is 0 Å². The molecule has 1 aliphatic heterocycles. The molecule has 0 spiro atoms. The Bertz CT molecular complexity index is 604. The molecule has 2 rings (SSSR count). The van der Waals surface area contributed by atoms with Crippen LogP contribution in [0.3, 0.4) is 0 Å². The van der Waals surface area contributed by atoms with Crippen LogP contribution >= 0.6 is 0 Å². The van der Waals surface area contributed by atoms with Crippen LogP contribution in [0.25, 0.3) is 0 Å². The summed E-state index contributed by atoms with van der Waals surface area (Å²) in [5, 5.41) is 8.71. The molecule has 0 saturated heterocycles. The van der Waals surface area contributed by atoms with Crippen molar-refractivity contribution in [1.29, 1.82) is 0 Å². The van der Waals surface area contributed by atoms with Crippen molar-refractivity contribution in [2.24, 2.45) is 5.41 Å². The van der Waals surface area contributed by atoms with Crippen molar-refractivity contribution >= 4 is 5.97 Å². The largest absolute Gasteiger partial charge is 0.478 e. The Balaban J connectivity index is 2.14. The second-order valence-corrected chi connectivity index (χ2v) is 7.58. The van der Waals surface area contributed by atoms with Crippen molar-refractivity contribution in [1.82, 2.24) is 0 Å². The number of fused-ring (bicyclic) bond motifs is 1. The fraction of sp³-hybridized carbons (Fsp3) is 0.550. The summed E-state index contributed by atoms with van der Waals surface area (Å²) in [6.07, 6.45) is 12.7. The van der Waals surface area contributed by atoms with E-state index in [-0.39, 0.29) is 17.1 Å². The minimum absolute atomic E-state index is 0.0146. The van der Waals surface area contributed by atoms with Gasteiger partial charge in [-0.3, -0.25) is 0 Å². The highest BCUT2D eigenvalue weighted by Gasteiger charge is 2.47. The summed E-state index contributed by atoms with van der Waals surface area (Å²) in [7, 11) is 0. The van der Waals surface area contributed by atoms with E-state index in [1.165, 1.54) is 24.5 Å². The van der Waals surface area contributed by atoms with E-state index in [1.807, 2.05) is 12.2 Å². The lowest BCUT2D eigenvalue weighted by Crippen LogP contribution is -2.39. The first kappa shape index (κ1) is 17.7. The third-order valence-electron chi connectivity index (χ3n) is 4.98. The number of rotatable bonds is 4. The number of hydrogen-bond acceptors (Lipinski definition) is 2. The molecule has 0 aromatic carbocycles. The summed E-state index contributed by atoms with van der Waals surface area (Å²) in [5.41, 5.74) is 3.36. The van der Waals surface area contributed by atoms with E-state index in [2.05, 4.69) is 33.8 Å². The summed E-state index contributed by atoms with van der Waals surface area (Å²) in [6.45, 7) is 10.7. The van der Waals surface area contributed by atoms with Gasteiger partial charge in [0, 0.05) is 6.08 Å². The molecule has 2 atom stereocenters. The fourth-order valence-electron chi connectivity index (χ4n) is 3.76. The smallest absolute Gasteiger partial charge is 0.328 e. The van der Waals surface area contributed by atoms with Crippen LogP contribution in [0.15, 0.2) is 47.1 Å². The van der Waals surface area contributed by atoms with Gasteiger partial charge in [-0.15, -0.1) is 0 Å². The van der Waals surface area contributed by atoms with Crippen molar-refractivity contribution < 1.29 is 14.6 Å². The highest BCUT2D eigenvalue weighted by atomic mass is 16.5. The molecule has 1 saturated carbocycles. The van der Waals surface area contributed by atoms with Gasteiger partial charge in [0.05, 0.1) is 11.7 Å². The van der Waals surface area contributed by atoms with Crippen molar-refractivity contribution in [3.63, 3.8) is 0 Å². The average Bonchev–Trinajstić information content (AvgIpc) is 2.77. The molecule has 1 heterocycles. The zero-order chi connectivity index (χ0) is 17.3. The Kier molecular flexibility index (Phi) is 5.00. The molecule has 126 valence electrons. The molecular weight excluding hydrogens is 288 g/mol. The van der Waals surface area contributed by atoms with Gasteiger partial charge in [-0.1, -0.05) is 32.1 Å². The highest BCUT2D eigenvalue weighted by Crippen LogP contribution is 2.51. The lowest BCUT2D eigenvalue weighted by molar-refractivity contribution is -0.131. The fourth-order valence-corrected chi connectivity index (χ4v) is 3.76. The molecule has 0 bridgehead atoms. The Morgan fingerprint density at radius 1 is 1.30 bits per heavy atom. The minimum Gasteiger partial charge on any atom is -0.478 e. The van der Waals surface area contributed by atoms with Crippen molar-refractivity contribution in [3.05, 3.63) is 47.1 Å². The van der Waals surface area contributed by atoms with Crippen LogP contribution in [0.5, 0.6) is 0 Å². The first-order valence-electron chi connectivity index (χ1n) is 8.31. The number of carbonyl (C=O) groups is 1. The maximum Gasteiger partial charge on any atom is 0.328 e. The predicted octanol–water partition coefficient (Wildman–Crippen LogP) is 4.81. The molecule has 1 fully saturated rings. The molecule has 23 heavy (non-hydrogen) atoms. The van der Waals surface area contributed by atoms with Crippen molar-refractivity contribution in [3.8, 4) is 0 Å². The van der Waals surface area contributed by atoms with Crippen molar-refractivity contribution in [2.75, 3.05) is 0 Å². The number of aliphatic carboxylic acids is 1. The van der Waals surface area contributed by atoms with E-state index in [4.69, 9.17) is 9.84 Å². The maximum atomic E-state index is 10.6. The molecule has 2 unspecified atom stereocenters. The monoisotopic (exact) mass is 316 g/mol. The Hall–Kier alpha value is -1.61. The minimum atomic E-state index is -0.920. The third-order valence-corrected chi connectivity index (χ3v) is 4.98. The lowest BCUT2D eigenvalue weighted by Gasteiger charge is -2.42. The van der Waals surface area contributed by atoms with Crippen LogP contribution in [0.1, 0.15) is 53.9 Å². The van der Waals surface area contributed by atoms with Gasteiger partial charge in [0.15, 0.2) is 0 Å². The van der Waals surface area contributed by atoms with Gasteiger partial charge in [0.2, 0.25) is 0 Å². The summed E-state index contributed by atoms with van der Waals surface area (Å²) in [5.74, 6) is -0.920. The molecule has 0 aromatic rings. The van der Waals surface area contributed by atoms with Crippen LogP contribution in [-0.4, -0.2) is 22.8 Å². The number of hydrogen-bond donors (Lipinski definition) is 1. The van der Waals surface area contributed by atoms with Gasteiger partial charge in [-0.25, -0.2) is 4.79 Å².